The largest absolute Gasteiger partial charge is 0.454 e. The smallest absolute Gasteiger partial charge is 0.254 e. The van der Waals surface area contributed by atoms with Crippen LogP contribution in [0, 0.1) is 0 Å². The van der Waals surface area contributed by atoms with Crippen molar-refractivity contribution in [3.05, 3.63) is 22.7 Å². The molecule has 7 heteroatoms. The Balaban J connectivity index is 1.89. The highest BCUT2D eigenvalue weighted by atomic mass is 35.5. The molecule has 0 atom stereocenters. The molecule has 1 heterocycles. The summed E-state index contributed by atoms with van der Waals surface area (Å²) < 4.78 is 10.5. The van der Waals surface area contributed by atoms with E-state index in [0.29, 0.717) is 22.1 Å². The summed E-state index contributed by atoms with van der Waals surface area (Å²) in [6.07, 6.45) is 3.87. The predicted molar refractivity (Wildman–Crippen MR) is 80.1 cm³/mol. The summed E-state index contributed by atoms with van der Waals surface area (Å²) in [7, 11) is 0. The van der Waals surface area contributed by atoms with Gasteiger partial charge in [0, 0.05) is 11.6 Å². The number of hydrogen-bond acceptors (Lipinski definition) is 4. The number of halogens is 1. The summed E-state index contributed by atoms with van der Waals surface area (Å²) in [4.78, 5) is 25.6. The van der Waals surface area contributed by atoms with Crippen molar-refractivity contribution in [2.45, 2.75) is 31.7 Å². The van der Waals surface area contributed by atoms with E-state index in [0.717, 1.165) is 25.7 Å². The lowest BCUT2D eigenvalue weighted by molar-refractivity contribution is -0.119. The van der Waals surface area contributed by atoms with Gasteiger partial charge in [0.25, 0.3) is 5.91 Å². The molecule has 0 spiro atoms. The van der Waals surface area contributed by atoms with Crippen molar-refractivity contribution < 1.29 is 19.1 Å². The second-order valence-corrected chi connectivity index (χ2v) is 5.94. The molecule has 6 nitrogen and oxygen atoms in total. The summed E-state index contributed by atoms with van der Waals surface area (Å²) in [6.45, 7) is -0.00408. The molecule has 0 bridgehead atoms. The Labute approximate surface area is 133 Å². The Kier molecular flexibility index (Phi) is 4.11. The molecule has 2 N–H and O–H groups in total. The Hall–Kier alpha value is -1.95. The van der Waals surface area contributed by atoms with Crippen molar-refractivity contribution in [3.63, 3.8) is 0 Å². The molecule has 1 aliphatic heterocycles. The van der Waals surface area contributed by atoms with Gasteiger partial charge in [-0.2, -0.15) is 0 Å². The molecular formula is C15H17ClN2O4. The summed E-state index contributed by atoms with van der Waals surface area (Å²) in [5, 5.41) is 0.323. The maximum atomic E-state index is 12.8. The van der Waals surface area contributed by atoms with Crippen molar-refractivity contribution in [1.82, 2.24) is 4.90 Å². The zero-order valence-corrected chi connectivity index (χ0v) is 12.8. The summed E-state index contributed by atoms with van der Waals surface area (Å²) in [5.74, 6) is 0.111. The number of benzene rings is 1. The predicted octanol–water partition coefficient (Wildman–Crippen LogP) is 1.94. The van der Waals surface area contributed by atoms with Gasteiger partial charge in [0.2, 0.25) is 12.7 Å². The first-order valence-electron chi connectivity index (χ1n) is 7.24. The Morgan fingerprint density at radius 2 is 2.00 bits per heavy atom. The number of fused-ring (bicyclic) bond motifs is 1. The molecule has 0 saturated heterocycles. The third kappa shape index (κ3) is 2.83. The highest BCUT2D eigenvalue weighted by molar-refractivity contribution is 6.32. The summed E-state index contributed by atoms with van der Waals surface area (Å²) in [5.41, 5.74) is 5.67. The van der Waals surface area contributed by atoms with E-state index in [4.69, 9.17) is 26.8 Å². The second kappa shape index (κ2) is 6.04. The lowest BCUT2D eigenvalue weighted by atomic mass is 10.1. The van der Waals surface area contributed by atoms with Crippen LogP contribution in [0.25, 0.3) is 0 Å². The van der Waals surface area contributed by atoms with Crippen LogP contribution in [0.2, 0.25) is 5.02 Å². The molecule has 0 radical (unpaired) electrons. The minimum Gasteiger partial charge on any atom is -0.454 e. The quantitative estimate of drug-likeness (QED) is 0.917. The van der Waals surface area contributed by atoms with E-state index in [2.05, 4.69) is 0 Å². The van der Waals surface area contributed by atoms with Crippen molar-refractivity contribution in [2.24, 2.45) is 5.73 Å². The first kappa shape index (κ1) is 15.0. The van der Waals surface area contributed by atoms with E-state index in [-0.39, 0.29) is 25.3 Å². The lowest BCUT2D eigenvalue weighted by Gasteiger charge is -2.28. The third-order valence-corrected chi connectivity index (χ3v) is 4.31. The first-order chi connectivity index (χ1) is 10.6. The number of primary amides is 1. The van der Waals surface area contributed by atoms with Crippen LogP contribution in [-0.4, -0.2) is 36.1 Å². The van der Waals surface area contributed by atoms with Gasteiger partial charge >= 0.3 is 0 Å². The van der Waals surface area contributed by atoms with E-state index in [9.17, 15) is 9.59 Å². The average Bonchev–Trinajstić information content (AvgIpc) is 3.14. The van der Waals surface area contributed by atoms with Crippen molar-refractivity contribution in [3.8, 4) is 11.5 Å². The summed E-state index contributed by atoms with van der Waals surface area (Å²) >= 11 is 6.12. The molecule has 1 aromatic carbocycles. The van der Waals surface area contributed by atoms with Gasteiger partial charge in [0.1, 0.15) is 0 Å². The van der Waals surface area contributed by atoms with Crippen LogP contribution in [0.1, 0.15) is 36.0 Å². The number of hydrogen-bond donors (Lipinski definition) is 1. The molecule has 1 fully saturated rings. The molecule has 2 aliphatic rings. The molecule has 0 aromatic heterocycles. The van der Waals surface area contributed by atoms with E-state index < -0.39 is 5.91 Å². The van der Waals surface area contributed by atoms with E-state index >= 15 is 0 Å². The summed E-state index contributed by atoms with van der Waals surface area (Å²) in [6, 6.07) is 3.18. The molecule has 1 aromatic rings. The molecular weight excluding hydrogens is 308 g/mol. The average molecular weight is 325 g/mol. The second-order valence-electron chi connectivity index (χ2n) is 5.53. The van der Waals surface area contributed by atoms with Crippen molar-refractivity contribution in [1.29, 1.82) is 0 Å². The maximum Gasteiger partial charge on any atom is 0.254 e. The monoisotopic (exact) mass is 324 g/mol. The minimum atomic E-state index is -0.521. The fourth-order valence-electron chi connectivity index (χ4n) is 3.01. The van der Waals surface area contributed by atoms with Crippen LogP contribution in [0.4, 0.5) is 0 Å². The lowest BCUT2D eigenvalue weighted by Crippen LogP contribution is -2.44. The van der Waals surface area contributed by atoms with E-state index in [1.807, 2.05) is 0 Å². The topological polar surface area (TPSA) is 81.9 Å². The Morgan fingerprint density at radius 3 is 2.68 bits per heavy atom. The molecule has 2 amide bonds. The number of carbonyl (C=O) groups excluding carboxylic acids is 2. The molecule has 22 heavy (non-hydrogen) atoms. The van der Waals surface area contributed by atoms with Gasteiger partial charge in [0.15, 0.2) is 11.5 Å². The van der Waals surface area contributed by atoms with E-state index in [1.165, 1.54) is 0 Å². The standard InChI is InChI=1S/C15H17ClN2O4/c16-11-5-9(6-12-14(11)22-8-21-12)15(20)18(7-13(17)19)10-3-1-2-4-10/h5-6,10H,1-4,7-8H2,(H2,17,19). The van der Waals surface area contributed by atoms with Gasteiger partial charge in [-0.1, -0.05) is 24.4 Å². The van der Waals surface area contributed by atoms with Crippen LogP contribution < -0.4 is 15.2 Å². The van der Waals surface area contributed by atoms with Crippen molar-refractivity contribution >= 4 is 23.4 Å². The fraction of sp³-hybridized carbons (Fsp3) is 0.467. The molecule has 118 valence electrons. The van der Waals surface area contributed by atoms with Crippen LogP contribution >= 0.6 is 11.6 Å². The van der Waals surface area contributed by atoms with Crippen LogP contribution in [0.3, 0.4) is 0 Å². The third-order valence-electron chi connectivity index (χ3n) is 4.03. The van der Waals surface area contributed by atoms with Gasteiger partial charge in [-0.05, 0) is 25.0 Å². The first-order valence-corrected chi connectivity index (χ1v) is 7.62. The maximum absolute atomic E-state index is 12.8. The zero-order valence-electron chi connectivity index (χ0n) is 12.0. The van der Waals surface area contributed by atoms with Gasteiger partial charge in [0.05, 0.1) is 11.6 Å². The number of ether oxygens (including phenoxy) is 2. The number of carbonyl (C=O) groups is 2. The van der Waals surface area contributed by atoms with E-state index in [1.54, 1.807) is 17.0 Å². The van der Waals surface area contributed by atoms with Gasteiger partial charge < -0.3 is 20.1 Å². The minimum absolute atomic E-state index is 0.0456. The molecule has 1 saturated carbocycles. The van der Waals surface area contributed by atoms with Gasteiger partial charge in [-0.25, -0.2) is 0 Å². The van der Waals surface area contributed by atoms with Gasteiger partial charge in [-0.15, -0.1) is 0 Å². The highest BCUT2D eigenvalue weighted by Crippen LogP contribution is 2.40. The SMILES string of the molecule is NC(=O)CN(C(=O)c1cc(Cl)c2c(c1)OCO2)C1CCCC1. The Bertz CT molecular complexity index is 614. The van der Waals surface area contributed by atoms with Crippen LogP contribution in [-0.2, 0) is 4.79 Å². The fourth-order valence-corrected chi connectivity index (χ4v) is 3.27. The van der Waals surface area contributed by atoms with Crippen molar-refractivity contribution in [2.75, 3.05) is 13.3 Å². The highest BCUT2D eigenvalue weighted by Gasteiger charge is 2.30. The zero-order chi connectivity index (χ0) is 15.7. The van der Waals surface area contributed by atoms with Gasteiger partial charge in [-0.3, -0.25) is 9.59 Å². The van der Waals surface area contributed by atoms with Crippen LogP contribution in [0.15, 0.2) is 12.1 Å². The number of rotatable bonds is 4. The molecule has 1 aliphatic carbocycles. The molecule has 0 unspecified atom stereocenters. The number of nitrogens with two attached hydrogens (primary N) is 1. The Morgan fingerprint density at radius 1 is 1.27 bits per heavy atom. The molecule has 3 rings (SSSR count). The number of amides is 2. The number of nitrogens with zero attached hydrogens (tertiary/aromatic N) is 1. The van der Waals surface area contributed by atoms with Crippen LogP contribution in [0.5, 0.6) is 11.5 Å². The normalized spacial score (nSPS) is 16.8.